The lowest BCUT2D eigenvalue weighted by molar-refractivity contribution is -0.141. The number of hydrogen-bond donors (Lipinski definition) is 1. The average Bonchev–Trinajstić information content (AvgIpc) is 3.17. The number of aryl methyl sites for hydroxylation is 1. The fourth-order valence-corrected chi connectivity index (χ4v) is 4.74. The molecule has 1 saturated heterocycles. The molecule has 4 rings (SSSR count). The fraction of sp³-hybridized carbons (Fsp3) is 0.409. The normalized spacial score (nSPS) is 16.8. The number of thioether (sulfide) groups is 1. The lowest BCUT2D eigenvalue weighted by Crippen LogP contribution is -2.40. The van der Waals surface area contributed by atoms with Crippen LogP contribution in [0, 0.1) is 12.8 Å². The topological polar surface area (TPSA) is 80.0 Å². The van der Waals surface area contributed by atoms with E-state index in [9.17, 15) is 9.90 Å². The molecule has 0 aliphatic carbocycles. The summed E-state index contributed by atoms with van der Waals surface area (Å²) in [5, 5.41) is 14.4. The molecule has 0 bridgehead atoms. The van der Waals surface area contributed by atoms with Gasteiger partial charge in [-0.2, -0.15) is 9.61 Å². The van der Waals surface area contributed by atoms with Crippen LogP contribution >= 0.6 is 11.8 Å². The highest BCUT2D eigenvalue weighted by Crippen LogP contribution is 2.35. The van der Waals surface area contributed by atoms with Crippen molar-refractivity contribution in [1.82, 2.24) is 14.6 Å². The number of hydrogen-bond acceptors (Lipinski definition) is 6. The van der Waals surface area contributed by atoms with Crippen molar-refractivity contribution in [3.05, 3.63) is 36.0 Å². The number of anilines is 1. The van der Waals surface area contributed by atoms with E-state index in [-0.39, 0.29) is 5.92 Å². The summed E-state index contributed by atoms with van der Waals surface area (Å²) >= 11 is 1.62. The molecule has 3 aromatic rings. The first kappa shape index (κ1) is 20.5. The molecule has 1 N–H and O–H groups in total. The van der Waals surface area contributed by atoms with Gasteiger partial charge in [0.05, 0.1) is 28.8 Å². The summed E-state index contributed by atoms with van der Waals surface area (Å²) < 4.78 is 7.40. The number of aliphatic carboxylic acids is 1. The highest BCUT2D eigenvalue weighted by atomic mass is 32.2. The molecule has 7 nitrogen and oxygen atoms in total. The van der Waals surface area contributed by atoms with Crippen LogP contribution in [-0.4, -0.2) is 51.6 Å². The lowest BCUT2D eigenvalue weighted by atomic mass is 9.98. The van der Waals surface area contributed by atoms with Gasteiger partial charge in [-0.3, -0.25) is 4.79 Å². The van der Waals surface area contributed by atoms with Crippen LogP contribution in [0.2, 0.25) is 0 Å². The number of rotatable bonds is 6. The van der Waals surface area contributed by atoms with Crippen LogP contribution in [-0.2, 0) is 4.79 Å². The third kappa shape index (κ3) is 3.84. The smallest absolute Gasteiger partial charge is 0.308 e. The molecule has 2 aromatic heterocycles. The standard InChI is InChI=1S/C22H26N4O3S/c1-4-29-17-9-7-15(8-10-17)18-12-19-23-14(2)20(30-3)21(26(19)24-18)25-11-5-6-16(13-25)22(27)28/h7-10,12,16H,4-6,11,13H2,1-3H3,(H,27,28). The second-order valence-corrected chi connectivity index (χ2v) is 8.25. The molecule has 8 heteroatoms. The number of piperidine rings is 1. The van der Waals surface area contributed by atoms with E-state index in [0.717, 1.165) is 52.0 Å². The Bertz CT molecular complexity index is 1060. The number of carbonyl (C=O) groups is 1. The van der Waals surface area contributed by atoms with Gasteiger partial charge in [0.25, 0.3) is 0 Å². The molecule has 1 unspecified atom stereocenters. The minimum Gasteiger partial charge on any atom is -0.494 e. The largest absolute Gasteiger partial charge is 0.494 e. The van der Waals surface area contributed by atoms with Crippen LogP contribution in [0.4, 0.5) is 5.82 Å². The summed E-state index contributed by atoms with van der Waals surface area (Å²) in [6, 6.07) is 9.86. The summed E-state index contributed by atoms with van der Waals surface area (Å²) in [6.07, 6.45) is 3.58. The van der Waals surface area contributed by atoms with Crippen molar-refractivity contribution in [2.75, 3.05) is 30.9 Å². The Morgan fingerprint density at radius 3 is 2.77 bits per heavy atom. The van der Waals surface area contributed by atoms with Gasteiger partial charge in [0.2, 0.25) is 0 Å². The zero-order chi connectivity index (χ0) is 21.3. The van der Waals surface area contributed by atoms with Gasteiger partial charge < -0.3 is 14.7 Å². The van der Waals surface area contributed by atoms with Gasteiger partial charge in [-0.15, -0.1) is 11.8 Å². The van der Waals surface area contributed by atoms with Crippen molar-refractivity contribution >= 4 is 29.2 Å². The first-order valence-electron chi connectivity index (χ1n) is 10.2. The summed E-state index contributed by atoms with van der Waals surface area (Å²) in [5.41, 5.74) is 3.51. The van der Waals surface area contributed by atoms with Crippen molar-refractivity contribution in [2.45, 2.75) is 31.6 Å². The van der Waals surface area contributed by atoms with E-state index in [0.29, 0.717) is 19.6 Å². The minimum atomic E-state index is -0.733. The second kappa shape index (κ2) is 8.55. The molecule has 1 aromatic carbocycles. The molecule has 1 aliphatic rings. The first-order valence-corrected chi connectivity index (χ1v) is 11.4. The molecule has 0 spiro atoms. The Morgan fingerprint density at radius 1 is 1.33 bits per heavy atom. The fourth-order valence-electron chi connectivity index (χ4n) is 4.00. The lowest BCUT2D eigenvalue weighted by Gasteiger charge is -2.33. The second-order valence-electron chi connectivity index (χ2n) is 7.43. The molecular weight excluding hydrogens is 400 g/mol. The van der Waals surface area contributed by atoms with E-state index in [4.69, 9.17) is 14.8 Å². The Morgan fingerprint density at radius 2 is 2.10 bits per heavy atom. The van der Waals surface area contributed by atoms with Crippen LogP contribution < -0.4 is 9.64 Å². The summed E-state index contributed by atoms with van der Waals surface area (Å²) in [4.78, 5) is 19.6. The van der Waals surface area contributed by atoms with Crippen LogP contribution in [0.3, 0.4) is 0 Å². The maximum Gasteiger partial charge on any atom is 0.308 e. The van der Waals surface area contributed by atoms with Crippen molar-refractivity contribution in [1.29, 1.82) is 0 Å². The van der Waals surface area contributed by atoms with E-state index >= 15 is 0 Å². The number of fused-ring (bicyclic) bond motifs is 1. The Hall–Kier alpha value is -2.74. The third-order valence-corrected chi connectivity index (χ3v) is 6.33. The number of carboxylic acids is 1. The van der Waals surface area contributed by atoms with Crippen molar-refractivity contribution in [3.8, 4) is 17.0 Å². The summed E-state index contributed by atoms with van der Waals surface area (Å²) in [6.45, 7) is 5.89. The monoisotopic (exact) mass is 426 g/mol. The molecule has 1 aliphatic heterocycles. The predicted molar refractivity (Wildman–Crippen MR) is 119 cm³/mol. The molecule has 3 heterocycles. The third-order valence-electron chi connectivity index (χ3n) is 5.44. The quantitative estimate of drug-likeness (QED) is 0.594. The summed E-state index contributed by atoms with van der Waals surface area (Å²) in [5.74, 6) is 0.673. The number of ether oxygens (including phenoxy) is 1. The van der Waals surface area contributed by atoms with E-state index in [1.807, 2.05) is 55.0 Å². The molecule has 158 valence electrons. The molecular formula is C22H26N4O3S. The van der Waals surface area contributed by atoms with Crippen molar-refractivity contribution in [2.24, 2.45) is 5.92 Å². The number of aromatic nitrogens is 3. The number of benzene rings is 1. The molecule has 30 heavy (non-hydrogen) atoms. The van der Waals surface area contributed by atoms with E-state index < -0.39 is 5.97 Å². The van der Waals surface area contributed by atoms with Gasteiger partial charge in [0.1, 0.15) is 11.6 Å². The maximum atomic E-state index is 11.6. The molecule has 1 atom stereocenters. The molecule has 0 amide bonds. The van der Waals surface area contributed by atoms with Crippen molar-refractivity contribution < 1.29 is 14.6 Å². The number of carboxylic acid groups (broad SMARTS) is 1. The number of nitrogens with zero attached hydrogens (tertiary/aromatic N) is 4. The zero-order valence-electron chi connectivity index (χ0n) is 17.5. The Kier molecular flexibility index (Phi) is 5.85. The van der Waals surface area contributed by atoms with Gasteiger partial charge >= 0.3 is 5.97 Å². The van der Waals surface area contributed by atoms with Crippen LogP contribution in [0.15, 0.2) is 35.2 Å². The molecule has 0 radical (unpaired) electrons. The average molecular weight is 427 g/mol. The maximum absolute atomic E-state index is 11.6. The predicted octanol–water partition coefficient (Wildman–Crippen LogP) is 4.13. The van der Waals surface area contributed by atoms with E-state index in [1.54, 1.807) is 11.8 Å². The van der Waals surface area contributed by atoms with Crippen LogP contribution in [0.1, 0.15) is 25.5 Å². The zero-order valence-corrected chi connectivity index (χ0v) is 18.3. The van der Waals surface area contributed by atoms with Crippen molar-refractivity contribution in [3.63, 3.8) is 0 Å². The van der Waals surface area contributed by atoms with Gasteiger partial charge in [-0.25, -0.2) is 4.98 Å². The van der Waals surface area contributed by atoms with Gasteiger partial charge in [0.15, 0.2) is 5.65 Å². The van der Waals surface area contributed by atoms with E-state index in [1.165, 1.54) is 0 Å². The van der Waals surface area contributed by atoms with Crippen LogP contribution in [0.5, 0.6) is 5.75 Å². The van der Waals surface area contributed by atoms with Crippen LogP contribution in [0.25, 0.3) is 16.9 Å². The summed E-state index contributed by atoms with van der Waals surface area (Å²) in [7, 11) is 0. The Labute approximate surface area is 180 Å². The van der Waals surface area contributed by atoms with Gasteiger partial charge in [0, 0.05) is 24.7 Å². The highest BCUT2D eigenvalue weighted by Gasteiger charge is 2.29. The first-order chi connectivity index (χ1) is 14.5. The highest BCUT2D eigenvalue weighted by molar-refractivity contribution is 7.98. The molecule has 1 fully saturated rings. The Balaban J connectivity index is 1.79. The van der Waals surface area contributed by atoms with Gasteiger partial charge in [-0.05, 0) is 57.2 Å². The van der Waals surface area contributed by atoms with E-state index in [2.05, 4.69) is 4.90 Å². The van der Waals surface area contributed by atoms with Gasteiger partial charge in [-0.1, -0.05) is 0 Å². The minimum absolute atomic E-state index is 0.363. The SMILES string of the molecule is CCOc1ccc(-c2cc3nc(C)c(SC)c(N4CCCC(C(=O)O)C4)n3n2)cc1. The molecule has 0 saturated carbocycles.